The number of nitrogens with one attached hydrogen (secondary N) is 1. The van der Waals surface area contributed by atoms with Crippen LogP contribution in [0.5, 0.6) is 17.2 Å². The molecule has 2 aromatic carbocycles. The average Bonchev–Trinajstić information content (AvgIpc) is 3.44. The molecule has 1 aliphatic heterocycles. The lowest BCUT2D eigenvalue weighted by atomic mass is 10.1. The lowest BCUT2D eigenvalue weighted by Gasteiger charge is -2.19. The van der Waals surface area contributed by atoms with Gasteiger partial charge in [-0.2, -0.15) is 14.0 Å². The quantitative estimate of drug-likeness (QED) is 0.330. The monoisotopic (exact) mass is 479 g/mol. The van der Waals surface area contributed by atoms with E-state index in [1.165, 1.54) is 35.7 Å². The van der Waals surface area contributed by atoms with Crippen LogP contribution in [-0.4, -0.2) is 23.5 Å². The van der Waals surface area contributed by atoms with Gasteiger partial charge in [-0.15, -0.1) is 11.3 Å². The van der Waals surface area contributed by atoms with Crippen molar-refractivity contribution in [2.75, 3.05) is 12.1 Å². The van der Waals surface area contributed by atoms with Gasteiger partial charge in [0.15, 0.2) is 11.5 Å². The first kappa shape index (κ1) is 21.8. The van der Waals surface area contributed by atoms with E-state index in [0.717, 1.165) is 5.56 Å². The number of ether oxygens (including phenoxy) is 3. The molecule has 1 atom stereocenters. The van der Waals surface area contributed by atoms with Crippen LogP contribution in [-0.2, 0) is 0 Å². The Balaban J connectivity index is 1.55. The molecular formula is C21H13ClF3N3O3S. The van der Waals surface area contributed by atoms with Crippen molar-refractivity contribution in [3.63, 3.8) is 0 Å². The van der Waals surface area contributed by atoms with Gasteiger partial charge in [-0.05, 0) is 30.3 Å². The summed E-state index contributed by atoms with van der Waals surface area (Å²) in [5.74, 6) is 0.913. The Hall–Kier alpha value is -3.42. The molecule has 4 rings (SSSR count). The van der Waals surface area contributed by atoms with Crippen molar-refractivity contribution < 1.29 is 27.4 Å². The summed E-state index contributed by atoms with van der Waals surface area (Å²) in [4.78, 5) is 4.47. The molecule has 164 valence electrons. The molecule has 0 aliphatic carbocycles. The number of alkyl halides is 4. The van der Waals surface area contributed by atoms with E-state index in [0.29, 0.717) is 22.2 Å². The number of para-hydroxylation sites is 2. The van der Waals surface area contributed by atoms with Gasteiger partial charge in [0.2, 0.25) is 6.79 Å². The second-order valence-electron chi connectivity index (χ2n) is 6.38. The molecular weight excluding hydrogens is 467 g/mol. The van der Waals surface area contributed by atoms with Crippen molar-refractivity contribution >= 4 is 34.2 Å². The van der Waals surface area contributed by atoms with Gasteiger partial charge in [0.25, 0.3) is 5.63 Å². The predicted octanol–water partition coefficient (Wildman–Crippen LogP) is 6.02. The first-order valence-electron chi connectivity index (χ1n) is 9.04. The summed E-state index contributed by atoms with van der Waals surface area (Å²) in [6.07, 6.45) is -2.92. The molecule has 1 aliphatic rings. The van der Waals surface area contributed by atoms with Crippen LogP contribution in [0.1, 0.15) is 5.01 Å². The fourth-order valence-electron chi connectivity index (χ4n) is 2.74. The highest BCUT2D eigenvalue weighted by Gasteiger charge is 2.42. The summed E-state index contributed by atoms with van der Waals surface area (Å²) in [7, 11) is 0. The van der Waals surface area contributed by atoms with Crippen LogP contribution in [0.3, 0.4) is 0 Å². The number of rotatable bonds is 7. The summed E-state index contributed by atoms with van der Waals surface area (Å²) < 4.78 is 55.0. The number of aromatic nitrogens is 1. The third-order valence-corrected chi connectivity index (χ3v) is 5.41. The molecule has 3 aromatic rings. The van der Waals surface area contributed by atoms with Gasteiger partial charge in [0, 0.05) is 17.1 Å². The zero-order valence-corrected chi connectivity index (χ0v) is 17.6. The van der Waals surface area contributed by atoms with E-state index >= 15 is 0 Å². The van der Waals surface area contributed by atoms with Crippen LogP contribution >= 0.6 is 22.9 Å². The first-order chi connectivity index (χ1) is 15.4. The Morgan fingerprint density at radius 1 is 1.28 bits per heavy atom. The standard InChI is InChI=1S/C21H13ClF3N3O3S/c22-20(23)21(24,25)31-16-4-2-1-3-14(16)27-9-13(8-26)19-28-15(10-32-19)12-5-6-17-18(7-12)30-11-29-17/h1-7,9-10,20,27H,11H2/b13-9+. The lowest BCUT2D eigenvalue weighted by Crippen LogP contribution is -2.33. The van der Waals surface area contributed by atoms with Crippen molar-refractivity contribution in [3.8, 4) is 34.6 Å². The van der Waals surface area contributed by atoms with Crippen LogP contribution in [0.25, 0.3) is 16.8 Å². The van der Waals surface area contributed by atoms with Gasteiger partial charge < -0.3 is 19.5 Å². The molecule has 32 heavy (non-hydrogen) atoms. The number of benzene rings is 2. The molecule has 0 spiro atoms. The van der Waals surface area contributed by atoms with Crippen LogP contribution in [0, 0.1) is 11.3 Å². The van der Waals surface area contributed by atoms with Gasteiger partial charge >= 0.3 is 6.11 Å². The topological polar surface area (TPSA) is 76.4 Å². The average molecular weight is 480 g/mol. The van der Waals surface area contributed by atoms with Crippen molar-refractivity contribution in [1.82, 2.24) is 4.98 Å². The minimum atomic E-state index is -4.23. The van der Waals surface area contributed by atoms with Gasteiger partial charge in [-0.25, -0.2) is 9.37 Å². The molecule has 0 amide bonds. The van der Waals surface area contributed by atoms with Crippen LogP contribution in [0.2, 0.25) is 0 Å². The van der Waals surface area contributed by atoms with Crippen molar-refractivity contribution in [1.29, 1.82) is 5.26 Å². The van der Waals surface area contributed by atoms with Crippen LogP contribution in [0.4, 0.5) is 18.9 Å². The SMILES string of the molecule is N#C/C(=C\Nc1ccccc1OC(F)(F)C(F)Cl)c1nc(-c2ccc3c(c2)OCO3)cs1. The van der Waals surface area contributed by atoms with E-state index in [1.54, 1.807) is 23.6 Å². The molecule has 1 unspecified atom stereocenters. The molecule has 0 radical (unpaired) electrons. The van der Waals surface area contributed by atoms with E-state index in [-0.39, 0.29) is 23.8 Å². The summed E-state index contributed by atoms with van der Waals surface area (Å²) >= 11 is 6.08. The van der Waals surface area contributed by atoms with Crippen molar-refractivity contribution in [2.24, 2.45) is 0 Å². The first-order valence-corrected chi connectivity index (χ1v) is 10.4. The summed E-state index contributed by atoms with van der Waals surface area (Å²) in [5, 5.41) is 14.5. The second-order valence-corrected chi connectivity index (χ2v) is 7.62. The van der Waals surface area contributed by atoms with E-state index in [2.05, 4.69) is 15.0 Å². The predicted molar refractivity (Wildman–Crippen MR) is 114 cm³/mol. The third-order valence-electron chi connectivity index (χ3n) is 4.28. The minimum Gasteiger partial charge on any atom is -0.454 e. The number of hydrogen-bond donors (Lipinski definition) is 1. The van der Waals surface area contributed by atoms with E-state index < -0.39 is 11.7 Å². The molecule has 2 heterocycles. The highest BCUT2D eigenvalue weighted by Crippen LogP contribution is 2.37. The number of nitrogens with zero attached hydrogens (tertiary/aromatic N) is 2. The van der Waals surface area contributed by atoms with E-state index in [9.17, 15) is 18.4 Å². The van der Waals surface area contributed by atoms with Crippen LogP contribution < -0.4 is 19.5 Å². The summed E-state index contributed by atoms with van der Waals surface area (Å²) in [6.45, 7) is 0.155. The van der Waals surface area contributed by atoms with E-state index in [1.807, 2.05) is 12.1 Å². The maximum absolute atomic E-state index is 13.5. The van der Waals surface area contributed by atoms with E-state index in [4.69, 9.17) is 21.1 Å². The molecule has 6 nitrogen and oxygen atoms in total. The zero-order chi connectivity index (χ0) is 22.7. The van der Waals surface area contributed by atoms with Crippen molar-refractivity contribution in [3.05, 3.63) is 59.1 Å². The number of thiazole rings is 1. The maximum Gasteiger partial charge on any atom is 0.444 e. The Morgan fingerprint density at radius 2 is 2.06 bits per heavy atom. The number of fused-ring (bicyclic) bond motifs is 1. The van der Waals surface area contributed by atoms with Gasteiger partial charge in [0.05, 0.1) is 11.4 Å². The molecule has 0 saturated carbocycles. The number of allylic oxidation sites excluding steroid dienone is 1. The Bertz CT molecular complexity index is 1210. The normalized spacial score (nSPS) is 14.0. The largest absolute Gasteiger partial charge is 0.454 e. The summed E-state index contributed by atoms with van der Waals surface area (Å²) in [5.41, 5.74) is -1.37. The number of hydrogen-bond acceptors (Lipinski definition) is 7. The Kier molecular flexibility index (Phi) is 6.12. The van der Waals surface area contributed by atoms with Crippen LogP contribution in [0.15, 0.2) is 54.0 Å². The fourth-order valence-corrected chi connectivity index (χ4v) is 3.58. The molecule has 0 saturated heterocycles. The molecule has 11 heteroatoms. The Labute approximate surface area is 189 Å². The smallest absolute Gasteiger partial charge is 0.444 e. The van der Waals surface area contributed by atoms with Gasteiger partial charge in [0.1, 0.15) is 22.4 Å². The highest BCUT2D eigenvalue weighted by atomic mass is 35.5. The number of nitriles is 1. The van der Waals surface area contributed by atoms with Crippen molar-refractivity contribution in [2.45, 2.75) is 11.7 Å². The third kappa shape index (κ3) is 4.59. The zero-order valence-electron chi connectivity index (χ0n) is 16.0. The minimum absolute atomic E-state index is 0.0878. The molecule has 0 fully saturated rings. The summed E-state index contributed by atoms with van der Waals surface area (Å²) in [6, 6.07) is 13.0. The molecule has 1 N–H and O–H groups in total. The maximum atomic E-state index is 13.5. The molecule has 1 aromatic heterocycles. The Morgan fingerprint density at radius 3 is 2.84 bits per heavy atom. The van der Waals surface area contributed by atoms with Gasteiger partial charge in [-0.3, -0.25) is 0 Å². The lowest BCUT2D eigenvalue weighted by molar-refractivity contribution is -0.198. The second kappa shape index (κ2) is 8.98. The van der Waals surface area contributed by atoms with Gasteiger partial charge in [-0.1, -0.05) is 23.7 Å². The number of halogens is 4. The molecule has 0 bridgehead atoms. The number of anilines is 1. The highest BCUT2D eigenvalue weighted by molar-refractivity contribution is 7.11. The fraction of sp³-hybridized carbons (Fsp3) is 0.143.